The lowest BCUT2D eigenvalue weighted by Crippen LogP contribution is -2.27. The molecule has 3 aliphatic carbocycles. The number of para-hydroxylation sites is 4. The second-order valence-electron chi connectivity index (χ2n) is 27.6. The van der Waals surface area contributed by atoms with Gasteiger partial charge in [-0.05, 0) is 151 Å². The lowest BCUT2D eigenvalue weighted by Gasteiger charge is -2.42. The molecule has 22 rings (SSSR count). The van der Waals surface area contributed by atoms with Crippen molar-refractivity contribution in [3.8, 4) is 124 Å². The van der Waals surface area contributed by atoms with Crippen LogP contribution in [-0.2, 0) is 0 Å². The Hall–Kier alpha value is -14.1. The number of rotatable bonds is 12. The molecule has 4 heterocycles. The zero-order valence-corrected chi connectivity index (χ0v) is 57.4. The van der Waals surface area contributed by atoms with Gasteiger partial charge in [0.1, 0.15) is 0 Å². The molecule has 3 aliphatic rings. The summed E-state index contributed by atoms with van der Waals surface area (Å²) in [6, 6.07) is 130. The minimum Gasteiger partial charge on any atom is -0.309 e. The number of hydrogen-bond donors (Lipinski definition) is 0. The minimum absolute atomic E-state index is 0.0794. The van der Waals surface area contributed by atoms with Gasteiger partial charge >= 0.3 is 0 Å². The second kappa shape index (κ2) is 24.9. The Kier molecular flexibility index (Phi) is 14.2. The zero-order valence-electron chi connectivity index (χ0n) is 57.4. The summed E-state index contributed by atoms with van der Waals surface area (Å²) in [5.41, 5.74) is 29.6. The predicted molar refractivity (Wildman–Crippen MR) is 431 cm³/mol. The molecule has 2 atom stereocenters. The lowest BCUT2D eigenvalue weighted by atomic mass is 9.60. The van der Waals surface area contributed by atoms with Crippen LogP contribution in [0.1, 0.15) is 45.2 Å². The highest BCUT2D eigenvalue weighted by Crippen LogP contribution is 2.57. The van der Waals surface area contributed by atoms with Gasteiger partial charge in [0.05, 0.1) is 22.1 Å². The first-order valence-electron chi connectivity index (χ1n) is 36.1. The molecular weight excluding hydrogens is 1290 g/mol. The molecule has 494 valence electrons. The zero-order chi connectivity index (χ0) is 69.8. The van der Waals surface area contributed by atoms with Crippen LogP contribution in [0.5, 0.6) is 0 Å². The number of fused-ring (bicyclic) bond motifs is 6. The van der Waals surface area contributed by atoms with Crippen LogP contribution in [0.4, 0.5) is 0 Å². The van der Waals surface area contributed by atoms with Crippen molar-refractivity contribution < 1.29 is 0 Å². The SMILES string of the molecule is c1ccc(-c2nc(-c3ccc(-c4ccc5c(c4)C4c6ccccc6C5c5cc(-c6ccc(-c7nc(-c8ccccc8)nc(-c8cccc(-c9cccc%10c9c9ccccc9n%10-c9ccccc9)c8)n7)cc6)ccc54)cc3)nc(-c3cccc(-c4cccc5c4c4ccccc4n5-c4ccccc4)c3)n2)cc1. The van der Waals surface area contributed by atoms with E-state index in [4.69, 9.17) is 29.9 Å². The van der Waals surface area contributed by atoms with Crippen LogP contribution in [0.25, 0.3) is 168 Å². The molecule has 0 spiro atoms. The van der Waals surface area contributed by atoms with Gasteiger partial charge in [0.25, 0.3) is 0 Å². The van der Waals surface area contributed by atoms with Crippen molar-refractivity contribution in [1.82, 2.24) is 39.0 Å². The van der Waals surface area contributed by atoms with Gasteiger partial charge in [0.15, 0.2) is 34.9 Å². The summed E-state index contributed by atoms with van der Waals surface area (Å²) in [4.78, 5) is 31.3. The molecule has 15 aromatic carbocycles. The van der Waals surface area contributed by atoms with E-state index in [1.165, 1.54) is 77.1 Å². The molecular formula is C98H62N8. The lowest BCUT2D eigenvalue weighted by molar-refractivity contribution is 0.755. The van der Waals surface area contributed by atoms with Crippen molar-refractivity contribution in [2.24, 2.45) is 0 Å². The number of hydrogen-bond acceptors (Lipinski definition) is 6. The van der Waals surface area contributed by atoms with E-state index in [0.717, 1.165) is 89.2 Å². The highest BCUT2D eigenvalue weighted by Gasteiger charge is 2.41. The molecule has 0 saturated carbocycles. The van der Waals surface area contributed by atoms with E-state index in [0.29, 0.717) is 34.9 Å². The fraction of sp³-hybridized carbons (Fsp3) is 0.0204. The quantitative estimate of drug-likeness (QED) is 0.121. The molecule has 0 radical (unpaired) electrons. The highest BCUT2D eigenvalue weighted by atomic mass is 15.0. The van der Waals surface area contributed by atoms with Crippen molar-refractivity contribution in [2.75, 3.05) is 0 Å². The summed E-state index contributed by atoms with van der Waals surface area (Å²) in [5.74, 6) is 3.85. The van der Waals surface area contributed by atoms with Crippen molar-refractivity contribution in [1.29, 1.82) is 0 Å². The van der Waals surface area contributed by atoms with E-state index in [2.05, 4.69) is 337 Å². The summed E-state index contributed by atoms with van der Waals surface area (Å²) in [5, 5.41) is 4.81. The maximum absolute atomic E-state index is 5.28. The van der Waals surface area contributed by atoms with Gasteiger partial charge in [-0.25, -0.2) is 29.9 Å². The van der Waals surface area contributed by atoms with Crippen LogP contribution in [0.3, 0.4) is 0 Å². The topological polar surface area (TPSA) is 87.2 Å². The largest absolute Gasteiger partial charge is 0.309 e. The fourth-order valence-electron chi connectivity index (χ4n) is 16.8. The summed E-state index contributed by atoms with van der Waals surface area (Å²) >= 11 is 0. The summed E-state index contributed by atoms with van der Waals surface area (Å²) in [6.07, 6.45) is 0. The molecule has 2 bridgehead atoms. The van der Waals surface area contributed by atoms with Crippen LogP contribution >= 0.6 is 0 Å². The monoisotopic (exact) mass is 1350 g/mol. The molecule has 8 nitrogen and oxygen atoms in total. The van der Waals surface area contributed by atoms with E-state index in [1.807, 2.05) is 36.4 Å². The first-order chi connectivity index (χ1) is 52.5. The van der Waals surface area contributed by atoms with Crippen molar-refractivity contribution in [3.05, 3.63) is 397 Å². The molecule has 0 amide bonds. The third-order valence-corrected chi connectivity index (χ3v) is 21.6. The minimum atomic E-state index is 0.0794. The molecule has 19 aromatic rings. The van der Waals surface area contributed by atoms with E-state index >= 15 is 0 Å². The Morgan fingerprint density at radius 2 is 0.462 bits per heavy atom. The van der Waals surface area contributed by atoms with Crippen molar-refractivity contribution in [2.45, 2.75) is 11.8 Å². The molecule has 2 unspecified atom stereocenters. The third kappa shape index (κ3) is 10.1. The fourth-order valence-corrected chi connectivity index (χ4v) is 16.8. The Morgan fingerprint density at radius 1 is 0.179 bits per heavy atom. The third-order valence-electron chi connectivity index (χ3n) is 21.6. The van der Waals surface area contributed by atoms with Crippen molar-refractivity contribution >= 4 is 43.6 Å². The van der Waals surface area contributed by atoms with Gasteiger partial charge in [-0.15, -0.1) is 0 Å². The molecule has 106 heavy (non-hydrogen) atoms. The molecule has 0 N–H and O–H groups in total. The number of aromatic nitrogens is 8. The van der Waals surface area contributed by atoms with Gasteiger partial charge in [-0.2, -0.15) is 0 Å². The average Bonchev–Trinajstić information content (AvgIpc) is 1.06. The Bertz CT molecular complexity index is 6280. The summed E-state index contributed by atoms with van der Waals surface area (Å²) in [6.45, 7) is 0. The van der Waals surface area contributed by atoms with Crippen LogP contribution in [0.2, 0.25) is 0 Å². The Balaban J connectivity index is 0.585. The average molecular weight is 1350 g/mol. The first kappa shape index (κ1) is 60.7. The van der Waals surface area contributed by atoms with E-state index in [1.54, 1.807) is 0 Å². The Morgan fingerprint density at radius 3 is 0.868 bits per heavy atom. The van der Waals surface area contributed by atoms with E-state index < -0.39 is 0 Å². The standard InChI is InChI=1S/C98H62N8/c1-5-23-63(24-6-1)93-99-95(103-97(101-93)71-29-19-27-69(57-71)75-39-21-43-87-91(75)81-37-15-17-41-85(81)105(87)73-31-9-3-10-32-73)65-49-45-61(46-50-65)67-53-55-79-83(59-67)89-77-35-13-14-36-78(77)90(79)84-60-68(54-56-80(84)89)62-47-51-66(52-48-62)96-100-94(64-25-7-2-8-26-64)102-98(104-96)72-30-20-28-70(58-72)76-40-22-44-88-92(76)82-38-16-18-42-86(82)106(88)74-33-11-4-12-34-74/h1-60,89-90H. The van der Waals surface area contributed by atoms with Gasteiger partial charge in [-0.3, -0.25) is 0 Å². The number of nitrogens with zero attached hydrogens (tertiary/aromatic N) is 8. The molecule has 0 aliphatic heterocycles. The molecule has 8 heteroatoms. The second-order valence-corrected chi connectivity index (χ2v) is 27.6. The maximum Gasteiger partial charge on any atom is 0.164 e. The van der Waals surface area contributed by atoms with Gasteiger partial charge in [0.2, 0.25) is 0 Å². The van der Waals surface area contributed by atoms with Gasteiger partial charge in [-0.1, -0.05) is 291 Å². The summed E-state index contributed by atoms with van der Waals surface area (Å²) in [7, 11) is 0. The van der Waals surface area contributed by atoms with Gasteiger partial charge in [0, 0.05) is 78.1 Å². The van der Waals surface area contributed by atoms with Crippen LogP contribution in [0, 0.1) is 0 Å². The van der Waals surface area contributed by atoms with Crippen LogP contribution < -0.4 is 0 Å². The predicted octanol–water partition coefficient (Wildman–Crippen LogP) is 23.9. The normalized spacial score (nSPS) is 13.5. The smallest absolute Gasteiger partial charge is 0.164 e. The Labute approximate surface area is 612 Å². The van der Waals surface area contributed by atoms with E-state index in [-0.39, 0.29) is 11.8 Å². The highest BCUT2D eigenvalue weighted by molar-refractivity contribution is 6.17. The van der Waals surface area contributed by atoms with E-state index in [9.17, 15) is 0 Å². The van der Waals surface area contributed by atoms with Crippen LogP contribution in [-0.4, -0.2) is 39.0 Å². The van der Waals surface area contributed by atoms with Crippen molar-refractivity contribution in [3.63, 3.8) is 0 Å². The van der Waals surface area contributed by atoms with Crippen LogP contribution in [0.15, 0.2) is 364 Å². The molecule has 4 aromatic heterocycles. The molecule has 0 saturated heterocycles. The molecule has 0 fully saturated rings. The maximum atomic E-state index is 5.28. The number of benzene rings is 15. The summed E-state index contributed by atoms with van der Waals surface area (Å²) < 4.78 is 4.73. The van der Waals surface area contributed by atoms with Gasteiger partial charge < -0.3 is 9.13 Å². The first-order valence-corrected chi connectivity index (χ1v) is 36.1.